The van der Waals surface area contributed by atoms with Gasteiger partial charge in [0, 0.05) is 12.3 Å². The molecule has 2 atom stereocenters. The largest absolute Gasteiger partial charge is 0.299 e. The maximum absolute atomic E-state index is 11.1. The molecule has 0 aliphatic heterocycles. The highest BCUT2D eigenvalue weighted by Gasteiger charge is 2.62. The van der Waals surface area contributed by atoms with Gasteiger partial charge < -0.3 is 0 Å². The molecule has 0 saturated heterocycles. The number of fused-ring (bicyclic) bond motifs is 1. The molecule has 0 spiro atoms. The normalized spacial score (nSPS) is 44.3. The molecule has 0 heterocycles. The zero-order chi connectivity index (χ0) is 7.35. The Hall–Kier alpha value is -0.330. The van der Waals surface area contributed by atoms with Crippen molar-refractivity contribution in [1.29, 1.82) is 0 Å². The minimum atomic E-state index is 0.479. The molecular weight excluding hydrogens is 124 g/mol. The Morgan fingerprint density at radius 2 is 2.30 bits per heavy atom. The Kier molecular flexibility index (Phi) is 1.04. The summed E-state index contributed by atoms with van der Waals surface area (Å²) in [5.41, 5.74) is 0.483. The summed E-state index contributed by atoms with van der Waals surface area (Å²) in [4.78, 5) is 11.1. The van der Waals surface area contributed by atoms with Gasteiger partial charge in [0.2, 0.25) is 0 Å². The van der Waals surface area contributed by atoms with E-state index in [4.69, 9.17) is 0 Å². The SMILES string of the molecule is CC(C)[C@@]12CCC(=O)[C@H]1C2. The van der Waals surface area contributed by atoms with Crippen molar-refractivity contribution in [2.75, 3.05) is 0 Å². The van der Waals surface area contributed by atoms with Gasteiger partial charge in [-0.3, -0.25) is 4.79 Å². The monoisotopic (exact) mass is 138 g/mol. The van der Waals surface area contributed by atoms with Crippen LogP contribution in [-0.2, 0) is 4.79 Å². The first-order valence-electron chi connectivity index (χ1n) is 4.19. The lowest BCUT2D eigenvalue weighted by molar-refractivity contribution is -0.119. The smallest absolute Gasteiger partial charge is 0.136 e. The van der Waals surface area contributed by atoms with E-state index in [2.05, 4.69) is 13.8 Å². The first kappa shape index (κ1) is 6.38. The van der Waals surface area contributed by atoms with E-state index in [-0.39, 0.29) is 0 Å². The van der Waals surface area contributed by atoms with Crippen LogP contribution in [-0.4, -0.2) is 5.78 Å². The van der Waals surface area contributed by atoms with Crippen LogP contribution in [0, 0.1) is 17.3 Å². The molecule has 0 amide bonds. The fraction of sp³-hybridized carbons (Fsp3) is 0.889. The Bertz CT molecular complexity index is 183. The highest BCUT2D eigenvalue weighted by atomic mass is 16.1. The minimum Gasteiger partial charge on any atom is -0.299 e. The highest BCUT2D eigenvalue weighted by Crippen LogP contribution is 2.65. The Morgan fingerprint density at radius 3 is 2.50 bits per heavy atom. The van der Waals surface area contributed by atoms with E-state index in [0.717, 1.165) is 12.3 Å². The first-order chi connectivity index (χ1) is 4.67. The molecule has 0 aromatic rings. The molecule has 2 aliphatic carbocycles. The fourth-order valence-corrected chi connectivity index (χ4v) is 2.49. The second-order valence-corrected chi connectivity index (χ2v) is 4.11. The van der Waals surface area contributed by atoms with Crippen molar-refractivity contribution < 1.29 is 4.79 Å². The molecule has 0 bridgehead atoms. The maximum atomic E-state index is 11.1. The third kappa shape index (κ3) is 0.561. The molecular formula is C9H14O. The number of ketones is 1. The summed E-state index contributed by atoms with van der Waals surface area (Å²) in [5.74, 6) is 1.74. The molecule has 2 fully saturated rings. The van der Waals surface area contributed by atoms with E-state index < -0.39 is 0 Å². The highest BCUT2D eigenvalue weighted by molar-refractivity contribution is 5.87. The van der Waals surface area contributed by atoms with Crippen LogP contribution < -0.4 is 0 Å². The van der Waals surface area contributed by atoms with Crippen molar-refractivity contribution >= 4 is 5.78 Å². The zero-order valence-corrected chi connectivity index (χ0v) is 6.68. The second kappa shape index (κ2) is 1.63. The molecule has 10 heavy (non-hydrogen) atoms. The van der Waals surface area contributed by atoms with Gasteiger partial charge in [0.1, 0.15) is 5.78 Å². The van der Waals surface area contributed by atoms with E-state index >= 15 is 0 Å². The molecule has 2 aliphatic rings. The predicted octanol–water partition coefficient (Wildman–Crippen LogP) is 2.01. The molecule has 0 aromatic carbocycles. The third-order valence-corrected chi connectivity index (χ3v) is 3.49. The summed E-state index contributed by atoms with van der Waals surface area (Å²) in [6.45, 7) is 4.50. The van der Waals surface area contributed by atoms with E-state index in [1.807, 2.05) is 0 Å². The molecule has 56 valence electrons. The van der Waals surface area contributed by atoms with Gasteiger partial charge in [-0.05, 0) is 24.2 Å². The summed E-state index contributed by atoms with van der Waals surface area (Å²) < 4.78 is 0. The fourth-order valence-electron chi connectivity index (χ4n) is 2.49. The second-order valence-electron chi connectivity index (χ2n) is 4.11. The van der Waals surface area contributed by atoms with Gasteiger partial charge >= 0.3 is 0 Å². The predicted molar refractivity (Wildman–Crippen MR) is 39.6 cm³/mol. The van der Waals surface area contributed by atoms with Crippen LogP contribution in [0.25, 0.3) is 0 Å². The quantitative estimate of drug-likeness (QED) is 0.541. The van der Waals surface area contributed by atoms with Crippen molar-refractivity contribution in [2.45, 2.75) is 33.1 Å². The summed E-state index contributed by atoms with van der Waals surface area (Å²) in [5, 5.41) is 0. The van der Waals surface area contributed by atoms with Crippen LogP contribution in [0.1, 0.15) is 33.1 Å². The van der Waals surface area contributed by atoms with Crippen LogP contribution in [0.3, 0.4) is 0 Å². The van der Waals surface area contributed by atoms with Crippen LogP contribution in [0.5, 0.6) is 0 Å². The van der Waals surface area contributed by atoms with Gasteiger partial charge in [-0.2, -0.15) is 0 Å². The van der Waals surface area contributed by atoms with Gasteiger partial charge in [-0.25, -0.2) is 0 Å². The summed E-state index contributed by atoms with van der Waals surface area (Å²) in [6, 6.07) is 0. The Morgan fingerprint density at radius 1 is 1.60 bits per heavy atom. The van der Waals surface area contributed by atoms with Crippen molar-refractivity contribution in [3.05, 3.63) is 0 Å². The number of carbonyl (C=O) groups is 1. The minimum absolute atomic E-state index is 0.479. The number of hydrogen-bond acceptors (Lipinski definition) is 1. The van der Waals surface area contributed by atoms with Crippen molar-refractivity contribution in [1.82, 2.24) is 0 Å². The van der Waals surface area contributed by atoms with Gasteiger partial charge in [0.05, 0.1) is 0 Å². The maximum Gasteiger partial charge on any atom is 0.136 e. The van der Waals surface area contributed by atoms with Crippen LogP contribution in [0.15, 0.2) is 0 Å². The van der Waals surface area contributed by atoms with Gasteiger partial charge in [-0.15, -0.1) is 0 Å². The van der Waals surface area contributed by atoms with E-state index in [1.54, 1.807) is 0 Å². The summed E-state index contributed by atoms with van der Waals surface area (Å²) in [7, 11) is 0. The average molecular weight is 138 g/mol. The molecule has 0 N–H and O–H groups in total. The van der Waals surface area contributed by atoms with Gasteiger partial charge in [0.25, 0.3) is 0 Å². The standard InChI is InChI=1S/C9H14O/c1-6(2)9-4-3-8(10)7(9)5-9/h6-7H,3-5H2,1-2H3/t7-,9+/m1/s1. The van der Waals surface area contributed by atoms with Crippen LogP contribution in [0.2, 0.25) is 0 Å². The summed E-state index contributed by atoms with van der Waals surface area (Å²) >= 11 is 0. The number of carbonyl (C=O) groups excluding carboxylic acids is 1. The molecule has 1 nitrogen and oxygen atoms in total. The Balaban J connectivity index is 2.18. The Labute approximate surface area is 61.8 Å². The van der Waals surface area contributed by atoms with Crippen molar-refractivity contribution in [2.24, 2.45) is 17.3 Å². The van der Waals surface area contributed by atoms with Crippen LogP contribution >= 0.6 is 0 Å². The van der Waals surface area contributed by atoms with E-state index in [0.29, 0.717) is 17.1 Å². The van der Waals surface area contributed by atoms with E-state index in [9.17, 15) is 4.79 Å². The molecule has 0 radical (unpaired) electrons. The summed E-state index contributed by atoms with van der Waals surface area (Å²) in [6.07, 6.45) is 3.24. The molecule has 0 unspecified atom stereocenters. The lowest BCUT2D eigenvalue weighted by Gasteiger charge is -2.14. The lowest BCUT2D eigenvalue weighted by Crippen LogP contribution is -2.07. The van der Waals surface area contributed by atoms with E-state index in [1.165, 1.54) is 12.8 Å². The van der Waals surface area contributed by atoms with Gasteiger partial charge in [-0.1, -0.05) is 13.8 Å². The molecule has 0 aromatic heterocycles. The molecule has 2 saturated carbocycles. The number of hydrogen-bond donors (Lipinski definition) is 0. The third-order valence-electron chi connectivity index (χ3n) is 3.49. The zero-order valence-electron chi connectivity index (χ0n) is 6.68. The van der Waals surface area contributed by atoms with Crippen molar-refractivity contribution in [3.8, 4) is 0 Å². The molecule has 1 heteroatoms. The molecule has 2 rings (SSSR count). The lowest BCUT2D eigenvalue weighted by atomic mass is 9.90. The average Bonchev–Trinajstić information content (AvgIpc) is 2.52. The number of rotatable bonds is 1. The van der Waals surface area contributed by atoms with Crippen LogP contribution in [0.4, 0.5) is 0 Å². The van der Waals surface area contributed by atoms with Gasteiger partial charge in [0.15, 0.2) is 0 Å². The number of Topliss-reactive ketones (excluding diaryl/α,β-unsaturated/α-hetero) is 1. The van der Waals surface area contributed by atoms with Crippen molar-refractivity contribution in [3.63, 3.8) is 0 Å². The first-order valence-corrected chi connectivity index (χ1v) is 4.19. The topological polar surface area (TPSA) is 17.1 Å².